The summed E-state index contributed by atoms with van der Waals surface area (Å²) in [7, 11) is 0. The van der Waals surface area contributed by atoms with E-state index in [1.807, 2.05) is 0 Å². The summed E-state index contributed by atoms with van der Waals surface area (Å²) >= 11 is 0. The normalized spacial score (nSPS) is 19.1. The minimum Gasteiger partial charge on any atom is -0.388 e. The maximum Gasteiger partial charge on any atom is 2.00 e. The third-order valence-electron chi connectivity index (χ3n) is 4.23. The van der Waals surface area contributed by atoms with Gasteiger partial charge in [-0.05, 0) is 12.8 Å². The second-order valence-electron chi connectivity index (χ2n) is 6.16. The number of hydrogen-bond donors (Lipinski definition) is 1. The predicted octanol–water partition coefficient (Wildman–Crippen LogP) is 4.65. The molecular formula is C18H33NO2Ru. The molecule has 4 heteroatoms. The standard InChI is InChI=1S/C11H17NO2.C5H10.2CH3.Ru/c1-11(8-13,12-2)7-10(14)9-5-3-4-6-9;1-2-4-5-3-1;;;/h9,13H,3-8H2,1H3;1-5H2;2*1H3;/q;;2*-1;+2. The van der Waals surface area contributed by atoms with Gasteiger partial charge in [-0.1, -0.05) is 44.9 Å². The van der Waals surface area contributed by atoms with Crippen molar-refractivity contribution in [1.29, 1.82) is 0 Å². The van der Waals surface area contributed by atoms with Gasteiger partial charge in [0.05, 0.1) is 6.42 Å². The molecule has 0 aromatic carbocycles. The van der Waals surface area contributed by atoms with Crippen LogP contribution in [0.3, 0.4) is 0 Å². The Morgan fingerprint density at radius 1 is 1.09 bits per heavy atom. The fraction of sp³-hybridized carbons (Fsp3) is 0.778. The molecule has 1 unspecified atom stereocenters. The van der Waals surface area contributed by atoms with Gasteiger partial charge >= 0.3 is 19.5 Å². The molecule has 0 spiro atoms. The van der Waals surface area contributed by atoms with E-state index >= 15 is 0 Å². The van der Waals surface area contributed by atoms with Gasteiger partial charge in [0.2, 0.25) is 0 Å². The minimum absolute atomic E-state index is 0. The summed E-state index contributed by atoms with van der Waals surface area (Å²) in [4.78, 5) is 15.1. The van der Waals surface area contributed by atoms with Crippen molar-refractivity contribution in [1.82, 2.24) is 0 Å². The Balaban J connectivity index is -0.000000388. The number of hydrogen-bond acceptors (Lipinski definition) is 2. The first-order valence-electron chi connectivity index (χ1n) is 7.63. The summed E-state index contributed by atoms with van der Waals surface area (Å²) in [5.41, 5.74) is -0.889. The first kappa shape index (κ1) is 26.6. The molecule has 2 fully saturated rings. The van der Waals surface area contributed by atoms with E-state index in [0.29, 0.717) is 0 Å². The molecule has 0 amide bonds. The van der Waals surface area contributed by atoms with Crippen LogP contribution in [0.4, 0.5) is 0 Å². The third kappa shape index (κ3) is 9.70. The van der Waals surface area contributed by atoms with E-state index in [0.717, 1.165) is 25.7 Å². The van der Waals surface area contributed by atoms with Gasteiger partial charge in [-0.2, -0.15) is 0 Å². The number of Topliss-reactive ketones (excluding diaryl/α,β-unsaturated/α-hetero) is 1. The predicted molar refractivity (Wildman–Crippen MR) is 89.6 cm³/mol. The molecule has 0 bridgehead atoms. The van der Waals surface area contributed by atoms with Crippen LogP contribution in [0.5, 0.6) is 0 Å². The quantitative estimate of drug-likeness (QED) is 0.555. The van der Waals surface area contributed by atoms with Crippen LogP contribution in [0.15, 0.2) is 0 Å². The molecular weight excluding hydrogens is 363 g/mol. The summed E-state index contributed by atoms with van der Waals surface area (Å²) in [5.74, 6) is 0.317. The largest absolute Gasteiger partial charge is 2.00 e. The molecule has 0 aromatic heterocycles. The van der Waals surface area contributed by atoms with Crippen LogP contribution in [0.2, 0.25) is 0 Å². The molecule has 130 valence electrons. The van der Waals surface area contributed by atoms with E-state index in [1.54, 1.807) is 6.92 Å². The van der Waals surface area contributed by atoms with Gasteiger partial charge in [0.15, 0.2) is 0 Å². The Morgan fingerprint density at radius 3 is 1.82 bits per heavy atom. The summed E-state index contributed by atoms with van der Waals surface area (Å²) in [6.45, 7) is 8.35. The summed E-state index contributed by atoms with van der Waals surface area (Å²) in [6, 6.07) is 0. The molecule has 0 saturated heterocycles. The zero-order valence-electron chi connectivity index (χ0n) is 14.5. The average Bonchev–Trinajstić information content (AvgIpc) is 3.13. The first-order chi connectivity index (χ1) is 9.11. The molecule has 2 aliphatic rings. The molecule has 22 heavy (non-hydrogen) atoms. The van der Waals surface area contributed by atoms with E-state index in [-0.39, 0.29) is 59.1 Å². The van der Waals surface area contributed by atoms with Crippen molar-refractivity contribution in [2.45, 2.75) is 76.7 Å². The van der Waals surface area contributed by atoms with Gasteiger partial charge in [-0.25, -0.2) is 6.57 Å². The molecule has 2 rings (SSSR count). The van der Waals surface area contributed by atoms with Crippen LogP contribution in [0.1, 0.15) is 71.1 Å². The average molecular weight is 397 g/mol. The Morgan fingerprint density at radius 2 is 1.50 bits per heavy atom. The fourth-order valence-electron chi connectivity index (χ4n) is 2.78. The number of ketones is 1. The van der Waals surface area contributed by atoms with Gasteiger partial charge in [-0.15, -0.1) is 0 Å². The van der Waals surface area contributed by atoms with Crippen LogP contribution >= 0.6 is 0 Å². The number of rotatable bonds is 4. The van der Waals surface area contributed by atoms with Crippen LogP contribution < -0.4 is 0 Å². The van der Waals surface area contributed by atoms with E-state index in [9.17, 15) is 4.79 Å². The molecule has 2 saturated carbocycles. The smallest absolute Gasteiger partial charge is 0.388 e. The number of aliphatic hydroxyl groups is 1. The van der Waals surface area contributed by atoms with E-state index in [2.05, 4.69) is 4.85 Å². The topological polar surface area (TPSA) is 41.7 Å². The van der Waals surface area contributed by atoms with Crippen molar-refractivity contribution >= 4 is 5.78 Å². The first-order valence-corrected chi connectivity index (χ1v) is 7.63. The number of nitrogens with zero attached hydrogens (tertiary/aromatic N) is 1. The molecule has 0 radical (unpaired) electrons. The molecule has 0 heterocycles. The van der Waals surface area contributed by atoms with Crippen LogP contribution in [0.25, 0.3) is 4.85 Å². The van der Waals surface area contributed by atoms with Crippen molar-refractivity contribution in [2.24, 2.45) is 5.92 Å². The van der Waals surface area contributed by atoms with Crippen molar-refractivity contribution in [2.75, 3.05) is 6.61 Å². The third-order valence-corrected chi connectivity index (χ3v) is 4.23. The molecule has 0 aromatic rings. The second-order valence-corrected chi connectivity index (χ2v) is 6.16. The van der Waals surface area contributed by atoms with Crippen LogP contribution in [-0.2, 0) is 24.3 Å². The Hall–Kier alpha value is -0.257. The summed E-state index contributed by atoms with van der Waals surface area (Å²) in [5, 5.41) is 9.01. The maximum atomic E-state index is 11.7. The Kier molecular flexibility index (Phi) is 17.4. The second kappa shape index (κ2) is 14.3. The van der Waals surface area contributed by atoms with Crippen LogP contribution in [-0.4, -0.2) is 23.0 Å². The molecule has 1 N–H and O–H groups in total. The zero-order chi connectivity index (χ0) is 14.1. The number of carbonyl (C=O) groups excluding carboxylic acids is 1. The molecule has 1 atom stereocenters. The molecule has 2 aliphatic carbocycles. The maximum absolute atomic E-state index is 11.7. The van der Waals surface area contributed by atoms with Crippen molar-refractivity contribution < 1.29 is 29.4 Å². The van der Waals surface area contributed by atoms with E-state index < -0.39 is 5.54 Å². The van der Waals surface area contributed by atoms with Gasteiger partial charge in [0, 0.05) is 12.8 Å². The van der Waals surface area contributed by atoms with Gasteiger partial charge in [-0.3, -0.25) is 4.79 Å². The SMILES string of the molecule is C1CCCC1.[C-]#[N+]C(C)(CO)CC(=O)C1CCCC1.[CH3-].[CH3-].[Ru+2]. The van der Waals surface area contributed by atoms with Gasteiger partial charge < -0.3 is 24.8 Å². The van der Waals surface area contributed by atoms with Crippen LogP contribution in [0, 0.1) is 27.3 Å². The fourth-order valence-corrected chi connectivity index (χ4v) is 2.78. The molecule has 3 nitrogen and oxygen atoms in total. The molecule has 0 aliphatic heterocycles. The van der Waals surface area contributed by atoms with Crippen molar-refractivity contribution in [3.63, 3.8) is 0 Å². The monoisotopic (exact) mass is 397 g/mol. The summed E-state index contributed by atoms with van der Waals surface area (Å²) in [6.07, 6.45) is 11.9. The van der Waals surface area contributed by atoms with Gasteiger partial charge in [0.1, 0.15) is 12.4 Å². The van der Waals surface area contributed by atoms with Crippen molar-refractivity contribution in [3.05, 3.63) is 26.3 Å². The van der Waals surface area contributed by atoms with Crippen molar-refractivity contribution in [3.8, 4) is 0 Å². The zero-order valence-corrected chi connectivity index (χ0v) is 16.2. The van der Waals surface area contributed by atoms with Gasteiger partial charge in [0.25, 0.3) is 5.54 Å². The van der Waals surface area contributed by atoms with E-state index in [1.165, 1.54) is 32.1 Å². The van der Waals surface area contributed by atoms with E-state index in [4.69, 9.17) is 11.7 Å². The Bertz CT molecular complexity index is 310. The number of carbonyl (C=O) groups is 1. The number of aliphatic hydroxyl groups excluding tert-OH is 1. The minimum atomic E-state index is -0.889. The Labute approximate surface area is 150 Å². The summed E-state index contributed by atoms with van der Waals surface area (Å²) < 4.78 is 0.